The maximum atomic E-state index is 12.0. The molecule has 0 saturated carbocycles. The standard InChI is InChI=1S/C10H18N2O2S/c13-5-8-1-3-12(4-2-8)10(14)9-6-15-7-11-9/h8-9,11,13H,1-7H2. The van der Waals surface area contributed by atoms with E-state index >= 15 is 0 Å². The van der Waals surface area contributed by atoms with Crippen molar-refractivity contribution in [3.05, 3.63) is 0 Å². The molecule has 2 rings (SSSR count). The van der Waals surface area contributed by atoms with E-state index in [1.807, 2.05) is 4.90 Å². The summed E-state index contributed by atoms with van der Waals surface area (Å²) in [5.41, 5.74) is 0. The van der Waals surface area contributed by atoms with E-state index in [4.69, 9.17) is 5.11 Å². The number of rotatable bonds is 2. The Morgan fingerprint density at radius 3 is 2.73 bits per heavy atom. The number of thioether (sulfide) groups is 1. The van der Waals surface area contributed by atoms with Gasteiger partial charge in [-0.05, 0) is 18.8 Å². The molecule has 5 heteroatoms. The van der Waals surface area contributed by atoms with Gasteiger partial charge in [0.15, 0.2) is 0 Å². The van der Waals surface area contributed by atoms with Crippen molar-refractivity contribution in [3.8, 4) is 0 Å². The third-order valence-electron chi connectivity index (χ3n) is 3.20. The summed E-state index contributed by atoms with van der Waals surface area (Å²) in [4.78, 5) is 13.9. The number of piperidine rings is 1. The van der Waals surface area contributed by atoms with E-state index in [2.05, 4.69) is 5.32 Å². The Bertz CT molecular complexity index is 223. The highest BCUT2D eigenvalue weighted by Crippen LogP contribution is 2.19. The quantitative estimate of drug-likeness (QED) is 0.694. The van der Waals surface area contributed by atoms with Gasteiger partial charge in [-0.25, -0.2) is 0 Å². The minimum absolute atomic E-state index is 0.0284. The lowest BCUT2D eigenvalue weighted by Gasteiger charge is -2.32. The van der Waals surface area contributed by atoms with Gasteiger partial charge in [0.2, 0.25) is 5.91 Å². The molecule has 2 fully saturated rings. The van der Waals surface area contributed by atoms with Crippen LogP contribution in [0.3, 0.4) is 0 Å². The number of aliphatic hydroxyl groups excluding tert-OH is 1. The van der Waals surface area contributed by atoms with E-state index in [9.17, 15) is 4.79 Å². The first-order chi connectivity index (χ1) is 7.31. The minimum atomic E-state index is 0.0284. The molecule has 1 amide bonds. The summed E-state index contributed by atoms with van der Waals surface area (Å²) < 4.78 is 0. The zero-order valence-corrected chi connectivity index (χ0v) is 9.63. The predicted octanol–water partition coefficient (Wildman–Crippen LogP) is -0.120. The van der Waals surface area contributed by atoms with Crippen molar-refractivity contribution in [3.63, 3.8) is 0 Å². The molecule has 0 bridgehead atoms. The molecular formula is C10H18N2O2S. The second-order valence-corrected chi connectivity index (χ2v) is 5.25. The average molecular weight is 230 g/mol. The van der Waals surface area contributed by atoms with Crippen molar-refractivity contribution < 1.29 is 9.90 Å². The number of amides is 1. The molecule has 0 spiro atoms. The summed E-state index contributed by atoms with van der Waals surface area (Å²) >= 11 is 1.78. The third kappa shape index (κ3) is 2.65. The monoisotopic (exact) mass is 230 g/mol. The zero-order chi connectivity index (χ0) is 10.7. The summed E-state index contributed by atoms with van der Waals surface area (Å²) in [6.07, 6.45) is 1.89. The van der Waals surface area contributed by atoms with Crippen LogP contribution in [-0.4, -0.2) is 53.3 Å². The fourth-order valence-electron chi connectivity index (χ4n) is 2.11. The van der Waals surface area contributed by atoms with Gasteiger partial charge in [-0.15, -0.1) is 11.8 Å². The first kappa shape index (κ1) is 11.2. The minimum Gasteiger partial charge on any atom is -0.396 e. The van der Waals surface area contributed by atoms with Crippen LogP contribution >= 0.6 is 11.8 Å². The van der Waals surface area contributed by atoms with Gasteiger partial charge in [0, 0.05) is 31.3 Å². The second kappa shape index (κ2) is 5.18. The molecule has 2 N–H and O–H groups in total. The molecule has 1 atom stereocenters. The molecule has 0 aromatic rings. The summed E-state index contributed by atoms with van der Waals surface area (Å²) in [7, 11) is 0. The Morgan fingerprint density at radius 2 is 2.20 bits per heavy atom. The molecular weight excluding hydrogens is 212 g/mol. The van der Waals surface area contributed by atoms with E-state index in [0.29, 0.717) is 5.92 Å². The molecule has 0 aliphatic carbocycles. The Kier molecular flexibility index (Phi) is 3.88. The van der Waals surface area contributed by atoms with Crippen LogP contribution < -0.4 is 5.32 Å². The van der Waals surface area contributed by atoms with E-state index in [-0.39, 0.29) is 18.6 Å². The van der Waals surface area contributed by atoms with Crippen molar-refractivity contribution in [1.82, 2.24) is 10.2 Å². The molecule has 0 aromatic heterocycles. The third-order valence-corrected chi connectivity index (χ3v) is 4.14. The van der Waals surface area contributed by atoms with Crippen LogP contribution in [-0.2, 0) is 4.79 Å². The molecule has 0 radical (unpaired) electrons. The van der Waals surface area contributed by atoms with Crippen molar-refractivity contribution in [2.24, 2.45) is 5.92 Å². The number of carbonyl (C=O) groups is 1. The predicted molar refractivity (Wildman–Crippen MR) is 60.6 cm³/mol. The van der Waals surface area contributed by atoms with Crippen LogP contribution in [0.5, 0.6) is 0 Å². The first-order valence-electron chi connectivity index (χ1n) is 5.52. The van der Waals surface area contributed by atoms with Crippen molar-refractivity contribution in [1.29, 1.82) is 0 Å². The fraction of sp³-hybridized carbons (Fsp3) is 0.900. The van der Waals surface area contributed by atoms with E-state index in [1.165, 1.54) is 0 Å². The molecule has 4 nitrogen and oxygen atoms in total. The number of aliphatic hydroxyl groups is 1. The number of nitrogens with zero attached hydrogens (tertiary/aromatic N) is 1. The van der Waals surface area contributed by atoms with Gasteiger partial charge in [0.05, 0.1) is 6.04 Å². The Morgan fingerprint density at radius 1 is 1.47 bits per heavy atom. The molecule has 2 heterocycles. The van der Waals surface area contributed by atoms with Gasteiger partial charge < -0.3 is 10.0 Å². The number of likely N-dealkylation sites (tertiary alicyclic amines) is 1. The lowest BCUT2D eigenvalue weighted by atomic mass is 9.97. The number of hydrogen-bond acceptors (Lipinski definition) is 4. The van der Waals surface area contributed by atoms with Gasteiger partial charge >= 0.3 is 0 Å². The summed E-state index contributed by atoms with van der Waals surface area (Å²) in [5, 5.41) is 12.2. The van der Waals surface area contributed by atoms with E-state index in [0.717, 1.165) is 37.6 Å². The van der Waals surface area contributed by atoms with Gasteiger partial charge in [-0.1, -0.05) is 0 Å². The maximum Gasteiger partial charge on any atom is 0.240 e. The van der Waals surface area contributed by atoms with E-state index in [1.54, 1.807) is 11.8 Å². The smallest absolute Gasteiger partial charge is 0.240 e. The van der Waals surface area contributed by atoms with Crippen molar-refractivity contribution in [2.45, 2.75) is 18.9 Å². The number of nitrogens with one attached hydrogen (secondary N) is 1. The average Bonchev–Trinajstić information content (AvgIpc) is 2.82. The molecule has 2 aliphatic rings. The topological polar surface area (TPSA) is 52.6 Å². The molecule has 2 aliphatic heterocycles. The van der Waals surface area contributed by atoms with Gasteiger partial charge in [-0.3, -0.25) is 10.1 Å². The Labute approximate surface area is 94.4 Å². The summed E-state index contributed by atoms with van der Waals surface area (Å²) in [6, 6.07) is 0.0284. The molecule has 1 unspecified atom stereocenters. The van der Waals surface area contributed by atoms with Crippen LogP contribution in [0.1, 0.15) is 12.8 Å². The highest BCUT2D eigenvalue weighted by atomic mass is 32.2. The van der Waals surface area contributed by atoms with Gasteiger partial charge in [-0.2, -0.15) is 0 Å². The number of hydrogen-bond donors (Lipinski definition) is 2. The molecule has 86 valence electrons. The SMILES string of the molecule is O=C(C1CSCN1)N1CCC(CO)CC1. The largest absolute Gasteiger partial charge is 0.396 e. The molecule has 0 aromatic carbocycles. The zero-order valence-electron chi connectivity index (χ0n) is 8.82. The normalized spacial score (nSPS) is 28.3. The lowest BCUT2D eigenvalue weighted by molar-refractivity contribution is -0.134. The van der Waals surface area contributed by atoms with Crippen LogP contribution in [0, 0.1) is 5.92 Å². The van der Waals surface area contributed by atoms with Crippen LogP contribution in [0.2, 0.25) is 0 Å². The summed E-state index contributed by atoms with van der Waals surface area (Å²) in [5.74, 6) is 2.44. The second-order valence-electron chi connectivity index (χ2n) is 4.22. The first-order valence-corrected chi connectivity index (χ1v) is 6.67. The maximum absolute atomic E-state index is 12.0. The van der Waals surface area contributed by atoms with Crippen molar-refractivity contribution in [2.75, 3.05) is 31.3 Å². The summed E-state index contributed by atoms with van der Waals surface area (Å²) in [6.45, 7) is 1.89. The van der Waals surface area contributed by atoms with Crippen LogP contribution in [0.4, 0.5) is 0 Å². The molecule has 2 saturated heterocycles. The number of carbonyl (C=O) groups excluding carboxylic acids is 1. The highest BCUT2D eigenvalue weighted by Gasteiger charge is 2.29. The van der Waals surface area contributed by atoms with Crippen LogP contribution in [0.25, 0.3) is 0 Å². The van der Waals surface area contributed by atoms with Gasteiger partial charge in [0.1, 0.15) is 0 Å². The van der Waals surface area contributed by atoms with Gasteiger partial charge in [0.25, 0.3) is 0 Å². The lowest BCUT2D eigenvalue weighted by Crippen LogP contribution is -2.48. The van der Waals surface area contributed by atoms with Crippen LogP contribution in [0.15, 0.2) is 0 Å². The highest BCUT2D eigenvalue weighted by molar-refractivity contribution is 7.99. The van der Waals surface area contributed by atoms with Crippen molar-refractivity contribution >= 4 is 17.7 Å². The van der Waals surface area contributed by atoms with E-state index < -0.39 is 0 Å². The fourth-order valence-corrected chi connectivity index (χ4v) is 3.04. The Balaban J connectivity index is 1.81. The molecule has 15 heavy (non-hydrogen) atoms. The Hall–Kier alpha value is -0.260.